The van der Waals surface area contributed by atoms with Crippen LogP contribution in [0.2, 0.25) is 0 Å². The number of carbonyl (C=O) groups is 2. The van der Waals surface area contributed by atoms with Gasteiger partial charge in [-0.2, -0.15) is 0 Å². The molecule has 40 heavy (non-hydrogen) atoms. The van der Waals surface area contributed by atoms with Crippen molar-refractivity contribution in [2.24, 2.45) is 0 Å². The highest BCUT2D eigenvalue weighted by molar-refractivity contribution is 7.92. The van der Waals surface area contributed by atoms with Crippen LogP contribution in [0.1, 0.15) is 30.5 Å². The van der Waals surface area contributed by atoms with E-state index in [1.807, 2.05) is 44.2 Å². The average Bonchev–Trinajstić information content (AvgIpc) is 2.89. The van der Waals surface area contributed by atoms with Crippen molar-refractivity contribution in [2.75, 3.05) is 24.2 Å². The van der Waals surface area contributed by atoms with Crippen molar-refractivity contribution < 1.29 is 27.1 Å². The fraction of sp³-hybridized carbons (Fsp3) is 0.333. The number of sulfonamides is 1. The van der Waals surface area contributed by atoms with E-state index in [9.17, 15) is 22.4 Å². The maximum atomic E-state index is 14.1. The van der Waals surface area contributed by atoms with Crippen LogP contribution in [-0.2, 0) is 32.6 Å². The molecule has 3 aromatic carbocycles. The van der Waals surface area contributed by atoms with Crippen molar-refractivity contribution >= 4 is 27.5 Å². The highest BCUT2D eigenvalue weighted by atomic mass is 32.2. The minimum Gasteiger partial charge on any atom is -0.495 e. The summed E-state index contributed by atoms with van der Waals surface area (Å²) in [6, 6.07) is 18.8. The van der Waals surface area contributed by atoms with Crippen LogP contribution in [-0.4, -0.2) is 57.1 Å². The Balaban J connectivity index is 2.09. The van der Waals surface area contributed by atoms with Crippen molar-refractivity contribution in [3.8, 4) is 5.75 Å². The van der Waals surface area contributed by atoms with Crippen LogP contribution >= 0.6 is 0 Å². The molecule has 0 saturated carbocycles. The van der Waals surface area contributed by atoms with Gasteiger partial charge in [0.1, 0.15) is 24.2 Å². The molecule has 0 heterocycles. The molecule has 0 fully saturated rings. The van der Waals surface area contributed by atoms with Crippen LogP contribution in [0.4, 0.5) is 10.1 Å². The fourth-order valence-corrected chi connectivity index (χ4v) is 5.16. The Labute approximate surface area is 235 Å². The third-order valence-electron chi connectivity index (χ3n) is 6.25. The summed E-state index contributed by atoms with van der Waals surface area (Å²) in [5, 5.41) is 2.89. The summed E-state index contributed by atoms with van der Waals surface area (Å²) >= 11 is 0. The average molecular weight is 570 g/mol. The van der Waals surface area contributed by atoms with Crippen molar-refractivity contribution in [3.63, 3.8) is 0 Å². The predicted octanol–water partition coefficient (Wildman–Crippen LogP) is 4.07. The molecule has 10 heteroatoms. The van der Waals surface area contributed by atoms with Gasteiger partial charge >= 0.3 is 0 Å². The molecule has 0 bridgehead atoms. The molecule has 0 aliphatic carbocycles. The van der Waals surface area contributed by atoms with Crippen LogP contribution in [0, 0.1) is 12.7 Å². The minimum absolute atomic E-state index is 0.0370. The van der Waals surface area contributed by atoms with Gasteiger partial charge in [0.15, 0.2) is 0 Å². The first-order valence-corrected chi connectivity index (χ1v) is 14.7. The zero-order valence-electron chi connectivity index (χ0n) is 23.4. The predicted molar refractivity (Wildman–Crippen MR) is 154 cm³/mol. The van der Waals surface area contributed by atoms with Gasteiger partial charge in [0.05, 0.1) is 19.1 Å². The normalized spacial score (nSPS) is 12.1. The zero-order valence-corrected chi connectivity index (χ0v) is 24.2. The number of ether oxygens (including phenoxy) is 1. The maximum absolute atomic E-state index is 14.1. The van der Waals surface area contributed by atoms with Gasteiger partial charge < -0.3 is 15.0 Å². The van der Waals surface area contributed by atoms with E-state index in [4.69, 9.17) is 4.74 Å². The number of nitrogens with zero attached hydrogens (tertiary/aromatic N) is 2. The summed E-state index contributed by atoms with van der Waals surface area (Å²) in [6.45, 7) is 4.83. The summed E-state index contributed by atoms with van der Waals surface area (Å²) in [6.07, 6.45) is 1.21. The third kappa shape index (κ3) is 8.29. The highest BCUT2D eigenvalue weighted by Gasteiger charge is 2.34. The van der Waals surface area contributed by atoms with Gasteiger partial charge in [0, 0.05) is 19.0 Å². The fourth-order valence-electron chi connectivity index (χ4n) is 4.31. The largest absolute Gasteiger partial charge is 0.495 e. The van der Waals surface area contributed by atoms with Gasteiger partial charge in [-0.15, -0.1) is 0 Å². The number of halogens is 1. The molecule has 1 atom stereocenters. The van der Waals surface area contributed by atoms with E-state index >= 15 is 0 Å². The smallest absolute Gasteiger partial charge is 0.244 e. The number of methoxy groups -OCH3 is 1. The Bertz CT molecular complexity index is 1410. The molecule has 0 aromatic heterocycles. The first kappa shape index (κ1) is 30.6. The van der Waals surface area contributed by atoms with Crippen LogP contribution in [0.3, 0.4) is 0 Å². The number of benzene rings is 3. The van der Waals surface area contributed by atoms with Crippen molar-refractivity contribution in [3.05, 3.63) is 95.3 Å². The molecular weight excluding hydrogens is 533 g/mol. The van der Waals surface area contributed by atoms with E-state index < -0.39 is 34.3 Å². The maximum Gasteiger partial charge on any atom is 0.244 e. The summed E-state index contributed by atoms with van der Waals surface area (Å²) < 4.78 is 46.0. The van der Waals surface area contributed by atoms with Crippen molar-refractivity contribution in [1.29, 1.82) is 0 Å². The molecular formula is C30H36FN3O5S. The lowest BCUT2D eigenvalue weighted by Crippen LogP contribution is -2.54. The van der Waals surface area contributed by atoms with Gasteiger partial charge in [0.25, 0.3) is 0 Å². The third-order valence-corrected chi connectivity index (χ3v) is 7.38. The van der Waals surface area contributed by atoms with Gasteiger partial charge in [-0.1, -0.05) is 48.5 Å². The lowest BCUT2D eigenvalue weighted by molar-refractivity contribution is -0.140. The lowest BCUT2D eigenvalue weighted by Gasteiger charge is -2.34. The van der Waals surface area contributed by atoms with Crippen LogP contribution in [0.25, 0.3) is 0 Å². The summed E-state index contributed by atoms with van der Waals surface area (Å²) in [5.74, 6) is -1.13. The molecule has 1 N–H and O–H groups in total. The minimum atomic E-state index is -3.94. The van der Waals surface area contributed by atoms with Crippen molar-refractivity contribution in [2.45, 2.75) is 45.8 Å². The second-order valence-electron chi connectivity index (χ2n) is 9.96. The van der Waals surface area contributed by atoms with Gasteiger partial charge in [0.2, 0.25) is 21.8 Å². The molecule has 0 radical (unpaired) electrons. The van der Waals surface area contributed by atoms with E-state index in [2.05, 4.69) is 5.32 Å². The molecule has 0 spiro atoms. The van der Waals surface area contributed by atoms with Crippen LogP contribution < -0.4 is 14.4 Å². The monoisotopic (exact) mass is 569 g/mol. The Morgan fingerprint density at radius 2 is 1.62 bits per heavy atom. The van der Waals surface area contributed by atoms with E-state index in [1.165, 1.54) is 36.3 Å². The van der Waals surface area contributed by atoms with E-state index in [1.54, 1.807) is 25.1 Å². The molecule has 3 rings (SSSR count). The second kappa shape index (κ2) is 13.4. The number of hydrogen-bond acceptors (Lipinski definition) is 5. The Kier molecular flexibility index (Phi) is 10.3. The number of nitrogens with one attached hydrogen (secondary N) is 1. The quantitative estimate of drug-likeness (QED) is 0.355. The first-order chi connectivity index (χ1) is 18.9. The SMILES string of the molecule is COc1ccc(C)cc1N(CC(=O)N(Cc1ccc(F)cc1)C(Cc1ccccc1)C(=O)NC(C)C)S(C)(=O)=O. The molecule has 1 unspecified atom stereocenters. The molecule has 0 saturated heterocycles. The molecule has 0 aliphatic rings. The van der Waals surface area contributed by atoms with Gasteiger partial charge in [-0.3, -0.25) is 13.9 Å². The molecule has 0 aliphatic heterocycles. The standard InChI is InChI=1S/C30H36FN3O5S/c1-21(2)32-30(36)27(18-23-9-7-6-8-10-23)33(19-24-12-14-25(31)15-13-24)29(35)20-34(40(5,37)38)26-17-22(3)11-16-28(26)39-4/h6-17,21,27H,18-20H2,1-5H3,(H,32,36). The molecule has 3 aromatic rings. The topological polar surface area (TPSA) is 96.0 Å². The summed E-state index contributed by atoms with van der Waals surface area (Å²) in [4.78, 5) is 29.0. The summed E-state index contributed by atoms with van der Waals surface area (Å²) in [7, 11) is -2.52. The number of amides is 2. The lowest BCUT2D eigenvalue weighted by atomic mass is 10.0. The van der Waals surface area contributed by atoms with E-state index in [0.29, 0.717) is 5.56 Å². The number of hydrogen-bond donors (Lipinski definition) is 1. The van der Waals surface area contributed by atoms with Crippen LogP contribution in [0.15, 0.2) is 72.8 Å². The number of aryl methyl sites for hydroxylation is 1. The molecule has 214 valence electrons. The number of anilines is 1. The van der Waals surface area contributed by atoms with Gasteiger partial charge in [-0.05, 0) is 61.7 Å². The van der Waals surface area contributed by atoms with Gasteiger partial charge in [-0.25, -0.2) is 12.8 Å². The number of carbonyl (C=O) groups excluding carboxylic acids is 2. The van der Waals surface area contributed by atoms with Crippen LogP contribution in [0.5, 0.6) is 5.75 Å². The zero-order chi connectivity index (χ0) is 29.4. The number of rotatable bonds is 12. The second-order valence-corrected chi connectivity index (χ2v) is 11.9. The Hall–Kier alpha value is -3.92. The van der Waals surface area contributed by atoms with E-state index in [0.717, 1.165) is 21.7 Å². The van der Waals surface area contributed by atoms with E-state index in [-0.39, 0.29) is 36.4 Å². The highest BCUT2D eigenvalue weighted by Crippen LogP contribution is 2.31. The first-order valence-electron chi connectivity index (χ1n) is 12.9. The Morgan fingerprint density at radius 3 is 2.20 bits per heavy atom. The molecule has 8 nitrogen and oxygen atoms in total. The molecule has 2 amide bonds. The van der Waals surface area contributed by atoms with Crippen molar-refractivity contribution in [1.82, 2.24) is 10.2 Å². The summed E-state index contributed by atoms with van der Waals surface area (Å²) in [5.41, 5.74) is 2.40. The Morgan fingerprint density at radius 1 is 0.975 bits per heavy atom.